The predicted molar refractivity (Wildman–Crippen MR) is 65.8 cm³/mol. The molecule has 1 aliphatic carbocycles. The third-order valence-electron chi connectivity index (χ3n) is 3.76. The number of hydrogen-bond donors (Lipinski definition) is 1. The van der Waals surface area contributed by atoms with Crippen LogP contribution in [0, 0.1) is 0 Å². The number of nitrogens with zero attached hydrogens (tertiary/aromatic N) is 1. The molecule has 2 rings (SSSR count). The summed E-state index contributed by atoms with van der Waals surface area (Å²) in [4.78, 5) is 25.0. The Kier molecular flexibility index (Phi) is 3.64. The molecule has 106 valence electrons. The fourth-order valence-corrected chi connectivity index (χ4v) is 2.76. The van der Waals surface area contributed by atoms with Gasteiger partial charge in [0, 0.05) is 25.0 Å². The summed E-state index contributed by atoms with van der Waals surface area (Å²) in [5, 5.41) is 10.8. The van der Waals surface area contributed by atoms with Gasteiger partial charge in [-0.2, -0.15) is 0 Å². The van der Waals surface area contributed by atoms with Crippen LogP contribution < -0.4 is 0 Å². The van der Waals surface area contributed by atoms with Gasteiger partial charge in [-0.1, -0.05) is 6.42 Å². The maximum atomic E-state index is 11.7. The molecule has 0 aromatic rings. The van der Waals surface area contributed by atoms with E-state index < -0.39 is 23.5 Å². The molecule has 1 heterocycles. The summed E-state index contributed by atoms with van der Waals surface area (Å²) in [5.74, 6) is -3.19. The minimum absolute atomic E-state index is 0.248. The van der Waals surface area contributed by atoms with E-state index in [1.54, 1.807) is 19.0 Å². The zero-order valence-electron chi connectivity index (χ0n) is 11.2. The second kappa shape index (κ2) is 4.94. The first-order valence-electron chi connectivity index (χ1n) is 6.43. The van der Waals surface area contributed by atoms with Crippen molar-refractivity contribution in [3.63, 3.8) is 0 Å². The molecule has 0 saturated heterocycles. The number of carbonyl (C=O) groups is 2. The minimum Gasteiger partial charge on any atom is -0.433 e. The topological polar surface area (TPSA) is 76.1 Å². The number of likely N-dealkylation sites (N-methyl/N-ethyl adjacent to an activating group) is 1. The molecule has 6 heteroatoms. The van der Waals surface area contributed by atoms with E-state index in [0.29, 0.717) is 12.8 Å². The van der Waals surface area contributed by atoms with Crippen LogP contribution in [0.25, 0.3) is 0 Å². The van der Waals surface area contributed by atoms with Gasteiger partial charge in [-0.3, -0.25) is 4.90 Å². The maximum Gasteiger partial charge on any atom is 0.333 e. The van der Waals surface area contributed by atoms with Gasteiger partial charge in [0.15, 0.2) is 0 Å². The normalized spacial score (nSPS) is 37.5. The van der Waals surface area contributed by atoms with Gasteiger partial charge in [0.25, 0.3) is 5.79 Å². The standard InChI is InChI=1S/C13H19NO5/c1-14(2)12-8-4-3-5-9-13(12,17)19-11(16)7-6-10(15)18-12/h6-7,17H,3-5,8-9H2,1-2H3/b7-6+. The number of ether oxygens (including phenoxy) is 2. The van der Waals surface area contributed by atoms with Gasteiger partial charge in [-0.05, 0) is 26.9 Å². The van der Waals surface area contributed by atoms with E-state index in [4.69, 9.17) is 9.47 Å². The molecule has 2 atom stereocenters. The summed E-state index contributed by atoms with van der Waals surface area (Å²) < 4.78 is 10.6. The predicted octanol–water partition coefficient (Wildman–Crippen LogP) is 0.553. The Bertz CT molecular complexity index is 419. The van der Waals surface area contributed by atoms with Crippen molar-refractivity contribution in [3.05, 3.63) is 12.2 Å². The SMILES string of the molecule is CN(C)C12CCCCCC1(O)OC(=O)/C=C/C(=O)O2. The van der Waals surface area contributed by atoms with Gasteiger partial charge < -0.3 is 14.6 Å². The monoisotopic (exact) mass is 269 g/mol. The van der Waals surface area contributed by atoms with Crippen LogP contribution in [0.4, 0.5) is 0 Å². The van der Waals surface area contributed by atoms with Gasteiger partial charge in [0.2, 0.25) is 5.72 Å². The molecular weight excluding hydrogens is 250 g/mol. The molecule has 1 N–H and O–H groups in total. The molecule has 0 aromatic carbocycles. The van der Waals surface area contributed by atoms with Gasteiger partial charge in [0.05, 0.1) is 0 Å². The molecular formula is C13H19NO5. The first kappa shape index (κ1) is 14.0. The van der Waals surface area contributed by atoms with Crippen molar-refractivity contribution in [1.82, 2.24) is 4.90 Å². The summed E-state index contributed by atoms with van der Waals surface area (Å²) in [7, 11) is 3.39. The highest BCUT2D eigenvalue weighted by Crippen LogP contribution is 2.42. The molecule has 0 bridgehead atoms. The number of aliphatic hydroxyl groups is 1. The molecule has 1 fully saturated rings. The molecule has 2 aliphatic rings. The molecule has 0 radical (unpaired) electrons. The van der Waals surface area contributed by atoms with Crippen molar-refractivity contribution in [2.75, 3.05) is 14.1 Å². The van der Waals surface area contributed by atoms with Crippen LogP contribution in [-0.2, 0) is 19.1 Å². The highest BCUT2D eigenvalue weighted by atomic mass is 16.7. The summed E-state index contributed by atoms with van der Waals surface area (Å²) in [6.45, 7) is 0. The van der Waals surface area contributed by atoms with E-state index in [1.807, 2.05) is 0 Å². The molecule has 1 aliphatic heterocycles. The van der Waals surface area contributed by atoms with Gasteiger partial charge >= 0.3 is 11.9 Å². The second-order valence-corrected chi connectivity index (χ2v) is 5.20. The molecule has 1 saturated carbocycles. The van der Waals surface area contributed by atoms with E-state index in [1.165, 1.54) is 0 Å². The van der Waals surface area contributed by atoms with Crippen LogP contribution in [0.2, 0.25) is 0 Å². The highest BCUT2D eigenvalue weighted by Gasteiger charge is 2.59. The third kappa shape index (κ3) is 2.37. The van der Waals surface area contributed by atoms with Crippen molar-refractivity contribution in [2.45, 2.75) is 43.6 Å². The van der Waals surface area contributed by atoms with E-state index in [-0.39, 0.29) is 6.42 Å². The number of esters is 2. The maximum absolute atomic E-state index is 11.7. The molecule has 0 amide bonds. The minimum atomic E-state index is -1.81. The number of rotatable bonds is 1. The smallest absolute Gasteiger partial charge is 0.333 e. The third-order valence-corrected chi connectivity index (χ3v) is 3.76. The fraction of sp³-hybridized carbons (Fsp3) is 0.692. The average molecular weight is 269 g/mol. The van der Waals surface area contributed by atoms with Crippen LogP contribution in [0.5, 0.6) is 0 Å². The highest BCUT2D eigenvalue weighted by molar-refractivity contribution is 5.92. The summed E-state index contributed by atoms with van der Waals surface area (Å²) in [5.41, 5.74) is -1.33. The lowest BCUT2D eigenvalue weighted by Gasteiger charge is -2.48. The largest absolute Gasteiger partial charge is 0.433 e. The Morgan fingerprint density at radius 3 is 2.26 bits per heavy atom. The van der Waals surface area contributed by atoms with Gasteiger partial charge in [0.1, 0.15) is 0 Å². The average Bonchev–Trinajstić information content (AvgIpc) is 2.46. The summed E-state index contributed by atoms with van der Waals surface area (Å²) in [6.07, 6.45) is 5.06. The van der Waals surface area contributed by atoms with Crippen molar-refractivity contribution in [1.29, 1.82) is 0 Å². The summed E-state index contributed by atoms with van der Waals surface area (Å²) >= 11 is 0. The first-order chi connectivity index (χ1) is 8.90. The van der Waals surface area contributed by atoms with Crippen LogP contribution in [0.3, 0.4) is 0 Å². The fourth-order valence-electron chi connectivity index (χ4n) is 2.76. The van der Waals surface area contributed by atoms with Crippen LogP contribution in [0.1, 0.15) is 32.1 Å². The van der Waals surface area contributed by atoms with E-state index in [9.17, 15) is 14.7 Å². The van der Waals surface area contributed by atoms with E-state index >= 15 is 0 Å². The van der Waals surface area contributed by atoms with E-state index in [0.717, 1.165) is 25.0 Å². The van der Waals surface area contributed by atoms with Crippen LogP contribution >= 0.6 is 0 Å². The van der Waals surface area contributed by atoms with Crippen molar-refractivity contribution in [3.8, 4) is 0 Å². The van der Waals surface area contributed by atoms with E-state index in [2.05, 4.69) is 0 Å². The Hall–Kier alpha value is -1.40. The number of hydrogen-bond acceptors (Lipinski definition) is 6. The molecule has 2 unspecified atom stereocenters. The zero-order valence-corrected chi connectivity index (χ0v) is 11.2. The van der Waals surface area contributed by atoms with Crippen LogP contribution in [-0.4, -0.2) is 47.6 Å². The first-order valence-corrected chi connectivity index (χ1v) is 6.43. The van der Waals surface area contributed by atoms with Crippen molar-refractivity contribution < 1.29 is 24.2 Å². The number of carbonyl (C=O) groups excluding carboxylic acids is 2. The lowest BCUT2D eigenvalue weighted by molar-refractivity contribution is -0.327. The Labute approximate surface area is 112 Å². The quantitative estimate of drug-likeness (QED) is 0.701. The molecule has 19 heavy (non-hydrogen) atoms. The van der Waals surface area contributed by atoms with Gasteiger partial charge in [-0.15, -0.1) is 0 Å². The van der Waals surface area contributed by atoms with Crippen molar-refractivity contribution in [2.24, 2.45) is 0 Å². The molecule has 0 spiro atoms. The molecule has 0 aromatic heterocycles. The second-order valence-electron chi connectivity index (χ2n) is 5.20. The van der Waals surface area contributed by atoms with Gasteiger partial charge in [-0.25, -0.2) is 9.59 Å². The lowest BCUT2D eigenvalue weighted by atomic mass is 9.94. The summed E-state index contributed by atoms with van der Waals surface area (Å²) in [6, 6.07) is 0. The Morgan fingerprint density at radius 1 is 1.05 bits per heavy atom. The Balaban J connectivity index is 2.51. The Morgan fingerprint density at radius 2 is 1.63 bits per heavy atom. The van der Waals surface area contributed by atoms with Crippen LogP contribution in [0.15, 0.2) is 12.2 Å². The molecule has 6 nitrogen and oxygen atoms in total. The lowest BCUT2D eigenvalue weighted by Crippen LogP contribution is -2.66. The van der Waals surface area contributed by atoms with Crippen molar-refractivity contribution >= 4 is 11.9 Å². The zero-order chi connectivity index (χ0) is 14.1. The number of fused-ring (bicyclic) bond motifs is 1.